The van der Waals surface area contributed by atoms with Crippen LogP contribution in [-0.4, -0.2) is 54.3 Å². The highest BCUT2D eigenvalue weighted by Gasteiger charge is 2.15. The third-order valence-corrected chi connectivity index (χ3v) is 5.43. The molecule has 1 aliphatic rings. The third kappa shape index (κ3) is 5.03. The van der Waals surface area contributed by atoms with Crippen LogP contribution in [0.1, 0.15) is 5.56 Å². The topological polar surface area (TPSA) is 72.5 Å². The molecule has 1 amide bonds. The minimum Gasteiger partial charge on any atom is -0.379 e. The molecule has 0 spiro atoms. The van der Waals surface area contributed by atoms with Crippen molar-refractivity contribution >= 4 is 22.5 Å². The van der Waals surface area contributed by atoms with E-state index in [9.17, 15) is 4.79 Å². The van der Waals surface area contributed by atoms with Gasteiger partial charge in [-0.25, -0.2) is 0 Å². The molecule has 1 atom stereocenters. The quantitative estimate of drug-likeness (QED) is 0.648. The summed E-state index contributed by atoms with van der Waals surface area (Å²) in [4.78, 5) is 14.9. The van der Waals surface area contributed by atoms with Crippen LogP contribution in [0.25, 0.3) is 10.9 Å². The van der Waals surface area contributed by atoms with Gasteiger partial charge in [0.2, 0.25) is 5.91 Å². The van der Waals surface area contributed by atoms with Gasteiger partial charge in [0, 0.05) is 49.0 Å². The van der Waals surface area contributed by atoms with Gasteiger partial charge in [-0.3, -0.25) is 9.69 Å². The van der Waals surface area contributed by atoms with E-state index in [1.807, 2.05) is 42.5 Å². The first-order chi connectivity index (χ1) is 14.2. The second-order valence-corrected chi connectivity index (χ2v) is 7.52. The number of nitrogens with one attached hydrogen (secondary N) is 1. The summed E-state index contributed by atoms with van der Waals surface area (Å²) in [6.45, 7) is 5.60. The Morgan fingerprint density at radius 1 is 1.07 bits per heavy atom. The SMILES string of the molecule is NC(Cc1ccccc1)C(=O)Nc1ccc2c(ccn2CCN2CCOCC2)c1. The van der Waals surface area contributed by atoms with E-state index >= 15 is 0 Å². The number of ether oxygens (including phenoxy) is 1. The molecule has 1 fully saturated rings. The zero-order chi connectivity index (χ0) is 20.1. The molecule has 2 aromatic carbocycles. The number of nitrogens with zero attached hydrogens (tertiary/aromatic N) is 2. The van der Waals surface area contributed by atoms with Gasteiger partial charge in [-0.05, 0) is 36.2 Å². The fraction of sp³-hybridized carbons (Fsp3) is 0.348. The van der Waals surface area contributed by atoms with Gasteiger partial charge in [-0.1, -0.05) is 30.3 Å². The first-order valence-corrected chi connectivity index (χ1v) is 10.2. The Hall–Kier alpha value is -2.67. The normalized spacial score (nSPS) is 16.0. The number of hydrogen-bond donors (Lipinski definition) is 2. The summed E-state index contributed by atoms with van der Waals surface area (Å²) in [6.07, 6.45) is 2.63. The Labute approximate surface area is 171 Å². The number of carbonyl (C=O) groups is 1. The van der Waals surface area contributed by atoms with Crippen molar-refractivity contribution < 1.29 is 9.53 Å². The average molecular weight is 393 g/mol. The second-order valence-electron chi connectivity index (χ2n) is 7.52. The molecule has 0 radical (unpaired) electrons. The molecule has 152 valence electrons. The van der Waals surface area contributed by atoms with Crippen LogP contribution in [0.4, 0.5) is 5.69 Å². The van der Waals surface area contributed by atoms with Crippen molar-refractivity contribution in [3.8, 4) is 0 Å². The number of carbonyl (C=O) groups excluding carboxylic acids is 1. The van der Waals surface area contributed by atoms with E-state index in [4.69, 9.17) is 10.5 Å². The molecule has 29 heavy (non-hydrogen) atoms. The summed E-state index contributed by atoms with van der Waals surface area (Å²) in [5.41, 5.74) is 9.10. The number of benzene rings is 2. The van der Waals surface area contributed by atoms with E-state index in [1.165, 1.54) is 5.52 Å². The van der Waals surface area contributed by atoms with Gasteiger partial charge in [-0.2, -0.15) is 0 Å². The lowest BCUT2D eigenvalue weighted by atomic mass is 10.1. The smallest absolute Gasteiger partial charge is 0.241 e. The highest BCUT2D eigenvalue weighted by molar-refractivity contribution is 5.97. The number of morpholine rings is 1. The van der Waals surface area contributed by atoms with Gasteiger partial charge in [0.1, 0.15) is 0 Å². The van der Waals surface area contributed by atoms with E-state index in [2.05, 4.69) is 33.1 Å². The highest BCUT2D eigenvalue weighted by Crippen LogP contribution is 2.21. The molecule has 1 aliphatic heterocycles. The zero-order valence-corrected chi connectivity index (χ0v) is 16.6. The van der Waals surface area contributed by atoms with Crippen molar-refractivity contribution in [1.29, 1.82) is 0 Å². The number of hydrogen-bond acceptors (Lipinski definition) is 4. The van der Waals surface area contributed by atoms with Gasteiger partial charge < -0.3 is 20.4 Å². The van der Waals surface area contributed by atoms with E-state index in [1.54, 1.807) is 0 Å². The molecule has 6 heteroatoms. The van der Waals surface area contributed by atoms with Crippen LogP contribution in [0.2, 0.25) is 0 Å². The molecule has 6 nitrogen and oxygen atoms in total. The molecule has 0 aliphatic carbocycles. The van der Waals surface area contributed by atoms with Crippen LogP contribution >= 0.6 is 0 Å². The first kappa shape index (κ1) is 19.6. The van der Waals surface area contributed by atoms with Gasteiger partial charge >= 0.3 is 0 Å². The van der Waals surface area contributed by atoms with Gasteiger partial charge in [0.25, 0.3) is 0 Å². The Balaban J connectivity index is 1.36. The van der Waals surface area contributed by atoms with Crippen molar-refractivity contribution in [3.05, 3.63) is 66.4 Å². The lowest BCUT2D eigenvalue weighted by Gasteiger charge is -2.26. The van der Waals surface area contributed by atoms with E-state index in [-0.39, 0.29) is 5.91 Å². The van der Waals surface area contributed by atoms with Crippen molar-refractivity contribution in [1.82, 2.24) is 9.47 Å². The van der Waals surface area contributed by atoms with Crippen LogP contribution < -0.4 is 11.1 Å². The van der Waals surface area contributed by atoms with Gasteiger partial charge in [0.05, 0.1) is 19.3 Å². The minimum absolute atomic E-state index is 0.167. The van der Waals surface area contributed by atoms with Crippen molar-refractivity contribution in [2.75, 3.05) is 38.2 Å². The number of aromatic nitrogens is 1. The predicted octanol–water partition coefficient (Wildman–Crippen LogP) is 2.48. The van der Waals surface area contributed by atoms with Gasteiger partial charge in [0.15, 0.2) is 0 Å². The van der Waals surface area contributed by atoms with Crippen LogP contribution in [0.5, 0.6) is 0 Å². The summed E-state index contributed by atoms with van der Waals surface area (Å²) < 4.78 is 7.67. The lowest BCUT2D eigenvalue weighted by Crippen LogP contribution is -2.38. The first-order valence-electron chi connectivity index (χ1n) is 10.2. The summed E-state index contributed by atoms with van der Waals surface area (Å²) in [7, 11) is 0. The maximum absolute atomic E-state index is 12.5. The van der Waals surface area contributed by atoms with Gasteiger partial charge in [-0.15, -0.1) is 0 Å². The molecular formula is C23H28N4O2. The molecule has 1 saturated heterocycles. The molecule has 3 N–H and O–H groups in total. The summed E-state index contributed by atoms with van der Waals surface area (Å²) >= 11 is 0. The fourth-order valence-corrected chi connectivity index (χ4v) is 3.74. The average Bonchev–Trinajstić information content (AvgIpc) is 3.16. The minimum atomic E-state index is -0.578. The molecule has 1 unspecified atom stereocenters. The van der Waals surface area contributed by atoms with Crippen LogP contribution in [0, 0.1) is 0 Å². The Bertz CT molecular complexity index is 948. The Morgan fingerprint density at radius 2 is 1.86 bits per heavy atom. The molecule has 0 bridgehead atoms. The van der Waals surface area contributed by atoms with E-state index in [0.29, 0.717) is 6.42 Å². The highest BCUT2D eigenvalue weighted by atomic mass is 16.5. The third-order valence-electron chi connectivity index (χ3n) is 5.43. The van der Waals surface area contributed by atoms with Crippen LogP contribution in [0.15, 0.2) is 60.8 Å². The summed E-state index contributed by atoms with van der Waals surface area (Å²) in [5.74, 6) is -0.167. The molecule has 0 saturated carbocycles. The summed E-state index contributed by atoms with van der Waals surface area (Å²) in [6, 6.07) is 17.4. The number of amides is 1. The number of nitrogens with two attached hydrogens (primary N) is 1. The number of rotatable bonds is 7. The zero-order valence-electron chi connectivity index (χ0n) is 16.6. The second kappa shape index (κ2) is 9.22. The lowest BCUT2D eigenvalue weighted by molar-refractivity contribution is -0.117. The molecule has 2 heterocycles. The van der Waals surface area contributed by atoms with Crippen LogP contribution in [-0.2, 0) is 22.5 Å². The molecule has 3 aromatic rings. The Morgan fingerprint density at radius 3 is 2.66 bits per heavy atom. The fourth-order valence-electron chi connectivity index (χ4n) is 3.74. The molecular weight excluding hydrogens is 364 g/mol. The van der Waals surface area contributed by atoms with E-state index in [0.717, 1.165) is 56.0 Å². The van der Waals surface area contributed by atoms with Crippen molar-refractivity contribution in [2.45, 2.75) is 19.0 Å². The molecule has 1 aromatic heterocycles. The van der Waals surface area contributed by atoms with Crippen molar-refractivity contribution in [2.24, 2.45) is 5.73 Å². The Kier molecular flexibility index (Phi) is 6.24. The number of anilines is 1. The maximum atomic E-state index is 12.5. The molecule has 4 rings (SSSR count). The van der Waals surface area contributed by atoms with Crippen LogP contribution in [0.3, 0.4) is 0 Å². The van der Waals surface area contributed by atoms with Crippen molar-refractivity contribution in [3.63, 3.8) is 0 Å². The summed E-state index contributed by atoms with van der Waals surface area (Å²) in [5, 5.41) is 4.06. The standard InChI is InChI=1S/C23H28N4O2/c24-21(16-18-4-2-1-3-5-18)23(28)25-20-6-7-22-19(17-20)8-9-27(22)11-10-26-12-14-29-15-13-26/h1-9,17,21H,10-16,24H2,(H,25,28). The largest absolute Gasteiger partial charge is 0.379 e. The maximum Gasteiger partial charge on any atom is 0.241 e. The monoisotopic (exact) mass is 392 g/mol. The predicted molar refractivity (Wildman–Crippen MR) is 116 cm³/mol. The van der Waals surface area contributed by atoms with E-state index < -0.39 is 6.04 Å². The number of fused-ring (bicyclic) bond motifs is 1.